The molecule has 0 amide bonds. The summed E-state index contributed by atoms with van der Waals surface area (Å²) in [6, 6.07) is 1.67. The third-order valence-electron chi connectivity index (χ3n) is 2.65. The number of alkyl halides is 2. The minimum Gasteiger partial charge on any atom is -0.357 e. The highest BCUT2D eigenvalue weighted by Crippen LogP contribution is 2.40. The van der Waals surface area contributed by atoms with Crippen molar-refractivity contribution >= 4 is 23.2 Å². The van der Waals surface area contributed by atoms with Crippen LogP contribution in [0.4, 0.5) is 0 Å². The average molecular weight is 278 g/mol. The number of nitrogens with zero attached hydrogens (tertiary/aromatic N) is 4. The molecule has 2 N–H and O–H groups in total. The van der Waals surface area contributed by atoms with Crippen LogP contribution in [0.2, 0.25) is 0 Å². The van der Waals surface area contributed by atoms with Crippen molar-refractivity contribution in [3.05, 3.63) is 18.0 Å². The lowest BCUT2D eigenvalue weighted by atomic mass is 10.1. The van der Waals surface area contributed by atoms with Crippen molar-refractivity contribution in [2.24, 2.45) is 5.73 Å². The molecule has 2 unspecified atom stereocenters. The molecule has 1 aliphatic heterocycles. The van der Waals surface area contributed by atoms with Crippen LogP contribution in [0.3, 0.4) is 0 Å². The molecule has 0 saturated carbocycles. The smallest absolute Gasteiger partial charge is 0.181 e. The lowest BCUT2D eigenvalue weighted by Crippen LogP contribution is -2.56. The van der Waals surface area contributed by atoms with Crippen molar-refractivity contribution in [1.82, 2.24) is 20.3 Å². The van der Waals surface area contributed by atoms with E-state index in [1.54, 1.807) is 6.07 Å². The Balaban J connectivity index is 2.34. The quantitative estimate of drug-likeness (QED) is 0.625. The SMILES string of the molecule is NCCN1CCOC(Cl)C1(Cl)c1ccnnn1. The lowest BCUT2D eigenvalue weighted by molar-refractivity contribution is -0.0544. The Kier molecular flexibility index (Phi) is 4.11. The van der Waals surface area contributed by atoms with Gasteiger partial charge >= 0.3 is 0 Å². The number of nitrogens with two attached hydrogens (primary N) is 1. The molecule has 17 heavy (non-hydrogen) atoms. The van der Waals surface area contributed by atoms with E-state index in [1.807, 2.05) is 4.90 Å². The van der Waals surface area contributed by atoms with E-state index in [4.69, 9.17) is 33.7 Å². The van der Waals surface area contributed by atoms with Gasteiger partial charge in [-0.25, -0.2) is 0 Å². The van der Waals surface area contributed by atoms with Crippen LogP contribution in [-0.4, -0.2) is 52.1 Å². The molecule has 0 spiro atoms. The zero-order valence-corrected chi connectivity index (χ0v) is 10.6. The Morgan fingerprint density at radius 1 is 1.65 bits per heavy atom. The summed E-state index contributed by atoms with van der Waals surface area (Å²) in [5.74, 6) is 0. The molecular formula is C9H13Cl2N5O. The van der Waals surface area contributed by atoms with E-state index in [0.29, 0.717) is 31.9 Å². The van der Waals surface area contributed by atoms with E-state index in [0.717, 1.165) is 0 Å². The maximum absolute atomic E-state index is 6.58. The summed E-state index contributed by atoms with van der Waals surface area (Å²) in [4.78, 5) is 0.898. The van der Waals surface area contributed by atoms with Gasteiger partial charge in [0.15, 0.2) is 10.6 Å². The number of halogens is 2. The second-order valence-corrected chi connectivity index (χ2v) is 4.61. The Bertz CT molecular complexity index is 366. The van der Waals surface area contributed by atoms with Gasteiger partial charge in [-0.05, 0) is 11.3 Å². The van der Waals surface area contributed by atoms with Crippen LogP contribution >= 0.6 is 23.2 Å². The van der Waals surface area contributed by atoms with Crippen LogP contribution in [0.15, 0.2) is 12.3 Å². The zero-order chi connectivity index (χ0) is 12.3. The first kappa shape index (κ1) is 12.9. The van der Waals surface area contributed by atoms with Crippen LogP contribution < -0.4 is 5.73 Å². The molecule has 1 fully saturated rings. The highest BCUT2D eigenvalue weighted by atomic mass is 35.5. The first-order valence-corrected chi connectivity index (χ1v) is 6.05. The Morgan fingerprint density at radius 3 is 3.12 bits per heavy atom. The fraction of sp³-hybridized carbons (Fsp3) is 0.667. The Labute approximate surface area is 109 Å². The average Bonchev–Trinajstić information content (AvgIpc) is 2.36. The molecule has 1 aromatic heterocycles. The van der Waals surface area contributed by atoms with E-state index in [-0.39, 0.29) is 0 Å². The van der Waals surface area contributed by atoms with Crippen LogP contribution in [0, 0.1) is 0 Å². The maximum atomic E-state index is 6.58. The summed E-state index contributed by atoms with van der Waals surface area (Å²) in [6.07, 6.45) is 1.52. The molecule has 94 valence electrons. The van der Waals surface area contributed by atoms with Crippen molar-refractivity contribution in [3.8, 4) is 0 Å². The summed E-state index contributed by atoms with van der Waals surface area (Å²) in [6.45, 7) is 2.26. The van der Waals surface area contributed by atoms with Crippen molar-refractivity contribution in [3.63, 3.8) is 0 Å². The second-order valence-electron chi connectivity index (χ2n) is 3.64. The van der Waals surface area contributed by atoms with Gasteiger partial charge in [-0.15, -0.1) is 10.2 Å². The monoisotopic (exact) mass is 277 g/mol. The largest absolute Gasteiger partial charge is 0.357 e. The zero-order valence-electron chi connectivity index (χ0n) is 9.09. The molecule has 1 aliphatic rings. The van der Waals surface area contributed by atoms with E-state index in [1.165, 1.54) is 6.20 Å². The lowest BCUT2D eigenvalue weighted by Gasteiger charge is -2.44. The number of ether oxygens (including phenoxy) is 1. The van der Waals surface area contributed by atoms with Gasteiger partial charge in [-0.3, -0.25) is 4.90 Å². The van der Waals surface area contributed by atoms with E-state index in [9.17, 15) is 0 Å². The summed E-state index contributed by atoms with van der Waals surface area (Å²) < 4.78 is 5.39. The third kappa shape index (κ3) is 2.36. The number of hydrogen-bond donors (Lipinski definition) is 1. The molecule has 8 heteroatoms. The minimum atomic E-state index is -1.05. The number of morpholine rings is 1. The van der Waals surface area contributed by atoms with E-state index >= 15 is 0 Å². The molecular weight excluding hydrogens is 265 g/mol. The number of hydrogen-bond acceptors (Lipinski definition) is 6. The van der Waals surface area contributed by atoms with Gasteiger partial charge < -0.3 is 10.5 Å². The first-order chi connectivity index (χ1) is 8.19. The Hall–Kier alpha value is -0.530. The third-order valence-corrected chi connectivity index (χ3v) is 3.83. The number of aromatic nitrogens is 3. The number of rotatable bonds is 3. The van der Waals surface area contributed by atoms with Crippen molar-refractivity contribution in [2.45, 2.75) is 10.6 Å². The van der Waals surface area contributed by atoms with Gasteiger partial charge in [0.25, 0.3) is 0 Å². The van der Waals surface area contributed by atoms with E-state index < -0.39 is 10.6 Å². The predicted octanol–water partition coefficient (Wildman–Crippen LogP) is 0.119. The molecule has 0 radical (unpaired) electrons. The molecule has 0 aliphatic carbocycles. The van der Waals surface area contributed by atoms with Gasteiger partial charge in [0.1, 0.15) is 5.69 Å². The first-order valence-electron chi connectivity index (χ1n) is 5.24. The molecule has 2 heterocycles. The van der Waals surface area contributed by atoms with Gasteiger partial charge in [0.2, 0.25) is 0 Å². The topological polar surface area (TPSA) is 77.2 Å². The maximum Gasteiger partial charge on any atom is 0.181 e. The minimum absolute atomic E-state index is 0.483. The summed E-state index contributed by atoms with van der Waals surface area (Å²) in [7, 11) is 0. The fourth-order valence-electron chi connectivity index (χ4n) is 1.82. The van der Waals surface area contributed by atoms with Crippen molar-refractivity contribution in [2.75, 3.05) is 26.2 Å². The van der Waals surface area contributed by atoms with Crippen LogP contribution in [0.25, 0.3) is 0 Å². The summed E-state index contributed by atoms with van der Waals surface area (Å²) >= 11 is 12.7. The fourth-order valence-corrected chi connectivity index (χ4v) is 2.49. The Morgan fingerprint density at radius 2 is 2.47 bits per heavy atom. The highest BCUT2D eigenvalue weighted by molar-refractivity contribution is 6.31. The predicted molar refractivity (Wildman–Crippen MR) is 63.6 cm³/mol. The van der Waals surface area contributed by atoms with Crippen molar-refractivity contribution in [1.29, 1.82) is 0 Å². The van der Waals surface area contributed by atoms with Gasteiger partial charge in [-0.2, -0.15) is 0 Å². The van der Waals surface area contributed by atoms with Crippen LogP contribution in [-0.2, 0) is 9.73 Å². The van der Waals surface area contributed by atoms with Gasteiger partial charge in [0, 0.05) is 19.6 Å². The van der Waals surface area contributed by atoms with Gasteiger partial charge in [0.05, 0.1) is 12.8 Å². The summed E-state index contributed by atoms with van der Waals surface area (Å²) in [5.41, 5.74) is 5.38. The van der Waals surface area contributed by atoms with Crippen LogP contribution in [0.1, 0.15) is 5.69 Å². The highest BCUT2D eigenvalue weighted by Gasteiger charge is 2.48. The molecule has 2 atom stereocenters. The summed E-state index contributed by atoms with van der Waals surface area (Å²) in [5, 5.41) is 11.1. The normalized spacial score (nSPS) is 30.4. The molecule has 2 rings (SSSR count). The molecule has 6 nitrogen and oxygen atoms in total. The van der Waals surface area contributed by atoms with Crippen molar-refractivity contribution < 1.29 is 4.74 Å². The van der Waals surface area contributed by atoms with Gasteiger partial charge in [-0.1, -0.05) is 23.2 Å². The molecule has 1 aromatic rings. The van der Waals surface area contributed by atoms with Crippen LogP contribution in [0.5, 0.6) is 0 Å². The van der Waals surface area contributed by atoms with E-state index in [2.05, 4.69) is 15.4 Å². The molecule has 0 bridgehead atoms. The molecule has 0 aromatic carbocycles. The second kappa shape index (κ2) is 5.41. The standard InChI is InChI=1S/C9H13Cl2N5O/c10-8-9(11,7-1-3-13-15-14-7)16(4-2-12)5-6-17-8/h1,3,8H,2,4-6,12H2. The molecule has 1 saturated heterocycles.